The minimum absolute atomic E-state index is 0.348. The van der Waals surface area contributed by atoms with Crippen LogP contribution in [0.5, 0.6) is 0 Å². The van der Waals surface area contributed by atoms with E-state index in [0.717, 1.165) is 11.8 Å². The van der Waals surface area contributed by atoms with Gasteiger partial charge in [0.15, 0.2) is 0 Å². The molecule has 0 saturated carbocycles. The Hall–Kier alpha value is -0.500. The SMILES string of the molecule is O=CCC=Cc1cc(Cl)c(Cl)c(Cl)c1. The molecule has 0 heterocycles. The van der Waals surface area contributed by atoms with Crippen LogP contribution in [0.15, 0.2) is 18.2 Å². The Morgan fingerprint density at radius 2 is 1.71 bits per heavy atom. The highest BCUT2D eigenvalue weighted by molar-refractivity contribution is 6.48. The molecule has 0 aliphatic carbocycles. The number of rotatable bonds is 3. The van der Waals surface area contributed by atoms with Gasteiger partial charge in [0.25, 0.3) is 0 Å². The Kier molecular flexibility index (Phi) is 4.46. The van der Waals surface area contributed by atoms with E-state index in [1.54, 1.807) is 24.3 Å². The van der Waals surface area contributed by atoms with E-state index in [-0.39, 0.29) is 0 Å². The molecule has 0 unspecified atom stereocenters. The number of aldehydes is 1. The molecule has 0 aromatic heterocycles. The molecule has 1 aromatic carbocycles. The highest BCUT2D eigenvalue weighted by Crippen LogP contribution is 2.31. The fourth-order valence-electron chi connectivity index (χ4n) is 0.931. The molecule has 4 heteroatoms. The lowest BCUT2D eigenvalue weighted by Crippen LogP contribution is -1.77. The monoisotopic (exact) mass is 248 g/mol. The van der Waals surface area contributed by atoms with Gasteiger partial charge < -0.3 is 4.79 Å². The van der Waals surface area contributed by atoms with Gasteiger partial charge in [-0.1, -0.05) is 47.0 Å². The van der Waals surface area contributed by atoms with Gasteiger partial charge in [-0.05, 0) is 17.7 Å². The molecule has 0 bridgehead atoms. The Labute approximate surface area is 97.3 Å². The van der Waals surface area contributed by atoms with Crippen LogP contribution in [0.25, 0.3) is 6.08 Å². The van der Waals surface area contributed by atoms with Crippen LogP contribution in [0.4, 0.5) is 0 Å². The normalized spacial score (nSPS) is 10.8. The zero-order valence-corrected chi connectivity index (χ0v) is 9.40. The molecule has 0 N–H and O–H groups in total. The third kappa shape index (κ3) is 3.02. The minimum atomic E-state index is 0.348. The number of benzene rings is 1. The van der Waals surface area contributed by atoms with Gasteiger partial charge in [-0.15, -0.1) is 0 Å². The summed E-state index contributed by atoms with van der Waals surface area (Å²) in [6, 6.07) is 3.38. The molecule has 1 rings (SSSR count). The summed E-state index contributed by atoms with van der Waals surface area (Å²) in [7, 11) is 0. The van der Waals surface area contributed by atoms with Crippen molar-refractivity contribution in [3.05, 3.63) is 38.8 Å². The second-order valence-electron chi connectivity index (χ2n) is 2.60. The smallest absolute Gasteiger partial charge is 0.123 e. The highest BCUT2D eigenvalue weighted by atomic mass is 35.5. The van der Waals surface area contributed by atoms with Crippen molar-refractivity contribution < 1.29 is 4.79 Å². The summed E-state index contributed by atoms with van der Waals surface area (Å²) in [5.41, 5.74) is 0.825. The van der Waals surface area contributed by atoms with E-state index in [0.29, 0.717) is 21.5 Å². The molecule has 1 nitrogen and oxygen atoms in total. The van der Waals surface area contributed by atoms with Gasteiger partial charge in [-0.3, -0.25) is 0 Å². The van der Waals surface area contributed by atoms with Gasteiger partial charge in [0.2, 0.25) is 0 Å². The summed E-state index contributed by atoms with van der Waals surface area (Å²) in [6.45, 7) is 0. The summed E-state index contributed by atoms with van der Waals surface area (Å²) in [5, 5.41) is 1.16. The third-order valence-corrected chi connectivity index (χ3v) is 2.75. The lowest BCUT2D eigenvalue weighted by atomic mass is 10.2. The van der Waals surface area contributed by atoms with Crippen molar-refractivity contribution in [3.63, 3.8) is 0 Å². The molecule has 74 valence electrons. The fraction of sp³-hybridized carbons (Fsp3) is 0.100. The Morgan fingerprint density at radius 3 is 2.21 bits per heavy atom. The standard InChI is InChI=1S/C10H7Cl3O/c11-8-5-7(3-1-2-4-14)6-9(12)10(8)13/h1,3-6H,2H2. The average Bonchev–Trinajstić information content (AvgIpc) is 2.14. The first-order valence-electron chi connectivity index (χ1n) is 3.90. The number of hydrogen-bond acceptors (Lipinski definition) is 1. The Bertz CT molecular complexity index is 349. The van der Waals surface area contributed by atoms with Crippen LogP contribution in [0.2, 0.25) is 15.1 Å². The van der Waals surface area contributed by atoms with E-state index < -0.39 is 0 Å². The van der Waals surface area contributed by atoms with Crippen LogP contribution in [0, 0.1) is 0 Å². The highest BCUT2D eigenvalue weighted by Gasteiger charge is 2.03. The second-order valence-corrected chi connectivity index (χ2v) is 3.80. The largest absolute Gasteiger partial charge is 0.303 e. The molecule has 0 amide bonds. The topological polar surface area (TPSA) is 17.1 Å². The van der Waals surface area contributed by atoms with Gasteiger partial charge in [-0.2, -0.15) is 0 Å². The molecule has 0 fully saturated rings. The molecule has 0 aliphatic heterocycles. The molecule has 0 saturated heterocycles. The lowest BCUT2D eigenvalue weighted by molar-refractivity contribution is -0.107. The second kappa shape index (κ2) is 5.40. The zero-order chi connectivity index (χ0) is 10.6. The zero-order valence-electron chi connectivity index (χ0n) is 7.14. The Balaban J connectivity index is 2.95. The molecule has 0 aliphatic rings. The number of carbonyl (C=O) groups excluding carboxylic acids is 1. The first-order chi connectivity index (χ1) is 6.65. The molecular weight excluding hydrogens is 242 g/mol. The molecule has 14 heavy (non-hydrogen) atoms. The van der Waals surface area contributed by atoms with Crippen molar-refractivity contribution in [1.29, 1.82) is 0 Å². The van der Waals surface area contributed by atoms with Crippen molar-refractivity contribution in [2.24, 2.45) is 0 Å². The van der Waals surface area contributed by atoms with E-state index >= 15 is 0 Å². The lowest BCUT2D eigenvalue weighted by Gasteiger charge is -2.00. The van der Waals surface area contributed by atoms with E-state index in [9.17, 15) is 4.79 Å². The third-order valence-electron chi connectivity index (χ3n) is 1.55. The molecule has 0 radical (unpaired) electrons. The number of halogens is 3. The van der Waals surface area contributed by atoms with Crippen molar-refractivity contribution >= 4 is 47.2 Å². The Morgan fingerprint density at radius 1 is 1.14 bits per heavy atom. The maximum Gasteiger partial charge on any atom is 0.123 e. The van der Waals surface area contributed by atoms with Gasteiger partial charge in [0, 0.05) is 6.42 Å². The minimum Gasteiger partial charge on any atom is -0.303 e. The first kappa shape index (κ1) is 11.6. The number of hydrogen-bond donors (Lipinski definition) is 0. The van der Waals surface area contributed by atoms with Crippen LogP contribution in [0.1, 0.15) is 12.0 Å². The van der Waals surface area contributed by atoms with Crippen molar-refractivity contribution in [2.75, 3.05) is 0 Å². The quantitative estimate of drug-likeness (QED) is 0.578. The summed E-state index contributed by atoms with van der Waals surface area (Å²) < 4.78 is 0. The predicted octanol–water partition coefficient (Wildman–Crippen LogP) is 4.25. The van der Waals surface area contributed by atoms with Gasteiger partial charge in [0.05, 0.1) is 15.1 Å². The van der Waals surface area contributed by atoms with E-state index in [1.807, 2.05) is 0 Å². The predicted molar refractivity (Wildman–Crippen MR) is 61.2 cm³/mol. The maximum absolute atomic E-state index is 10.1. The van der Waals surface area contributed by atoms with Gasteiger partial charge >= 0.3 is 0 Å². The molecular formula is C10H7Cl3O. The summed E-state index contributed by atoms with van der Waals surface area (Å²) in [6.07, 6.45) is 4.68. The van der Waals surface area contributed by atoms with Crippen LogP contribution < -0.4 is 0 Å². The van der Waals surface area contributed by atoms with Crippen LogP contribution in [0.3, 0.4) is 0 Å². The fourth-order valence-corrected chi connectivity index (χ4v) is 1.54. The number of carbonyl (C=O) groups is 1. The van der Waals surface area contributed by atoms with Gasteiger partial charge in [-0.25, -0.2) is 0 Å². The van der Waals surface area contributed by atoms with Gasteiger partial charge in [0.1, 0.15) is 6.29 Å². The first-order valence-corrected chi connectivity index (χ1v) is 5.03. The molecule has 0 atom stereocenters. The van der Waals surface area contributed by atoms with Crippen molar-refractivity contribution in [3.8, 4) is 0 Å². The van der Waals surface area contributed by atoms with E-state index in [2.05, 4.69) is 0 Å². The van der Waals surface area contributed by atoms with E-state index in [1.165, 1.54) is 0 Å². The van der Waals surface area contributed by atoms with Crippen LogP contribution >= 0.6 is 34.8 Å². The van der Waals surface area contributed by atoms with Crippen LogP contribution in [-0.4, -0.2) is 6.29 Å². The summed E-state index contributed by atoms with van der Waals surface area (Å²) in [4.78, 5) is 10.1. The van der Waals surface area contributed by atoms with Crippen molar-refractivity contribution in [1.82, 2.24) is 0 Å². The maximum atomic E-state index is 10.1. The number of allylic oxidation sites excluding steroid dienone is 1. The average molecular weight is 250 g/mol. The summed E-state index contributed by atoms with van der Waals surface area (Å²) >= 11 is 17.4. The molecule has 0 spiro atoms. The van der Waals surface area contributed by atoms with Crippen LogP contribution in [-0.2, 0) is 4.79 Å². The van der Waals surface area contributed by atoms with E-state index in [4.69, 9.17) is 34.8 Å². The van der Waals surface area contributed by atoms with Crippen molar-refractivity contribution in [2.45, 2.75) is 6.42 Å². The summed E-state index contributed by atoms with van der Waals surface area (Å²) in [5.74, 6) is 0. The molecule has 1 aromatic rings.